The highest BCUT2D eigenvalue weighted by molar-refractivity contribution is 7.80. The van der Waals surface area contributed by atoms with Crippen LogP contribution in [0, 0.1) is 5.92 Å². The van der Waals surface area contributed by atoms with Gasteiger partial charge in [-0.1, -0.05) is 6.92 Å². The molecule has 2 atom stereocenters. The van der Waals surface area contributed by atoms with Crippen LogP contribution >= 0.6 is 12.6 Å². The molecule has 0 saturated carbocycles. The van der Waals surface area contributed by atoms with Crippen LogP contribution in [0.4, 0.5) is 0 Å². The Morgan fingerprint density at radius 2 is 2.21 bits per heavy atom. The van der Waals surface area contributed by atoms with Crippen molar-refractivity contribution in [1.82, 2.24) is 9.80 Å². The standard InChI is InChI=1S/C11H24N2S/c1-10(9-14)7-13-6-4-5-11(13)8-12(2)3/h10-11,14H,4-9H2,1-3H3. The summed E-state index contributed by atoms with van der Waals surface area (Å²) < 4.78 is 0. The Bertz CT molecular complexity index is 161. The minimum Gasteiger partial charge on any atom is -0.308 e. The van der Waals surface area contributed by atoms with E-state index in [1.165, 1.54) is 32.5 Å². The highest BCUT2D eigenvalue weighted by atomic mass is 32.1. The molecule has 1 saturated heterocycles. The fourth-order valence-electron chi connectivity index (χ4n) is 2.22. The first-order valence-electron chi connectivity index (χ1n) is 5.63. The SMILES string of the molecule is CC(CS)CN1CCCC1CN(C)C. The second-order valence-electron chi connectivity index (χ2n) is 4.84. The topological polar surface area (TPSA) is 6.48 Å². The molecule has 0 N–H and O–H groups in total. The second-order valence-corrected chi connectivity index (χ2v) is 5.21. The third kappa shape index (κ3) is 3.79. The minimum absolute atomic E-state index is 0.723. The summed E-state index contributed by atoms with van der Waals surface area (Å²) in [4.78, 5) is 4.94. The monoisotopic (exact) mass is 216 g/mol. The third-order valence-electron chi connectivity index (χ3n) is 2.93. The number of likely N-dealkylation sites (tertiary alicyclic amines) is 1. The lowest BCUT2D eigenvalue weighted by Crippen LogP contribution is -2.39. The molecule has 0 aromatic heterocycles. The molecule has 0 bridgehead atoms. The quantitative estimate of drug-likeness (QED) is 0.697. The van der Waals surface area contributed by atoms with E-state index in [0.717, 1.165) is 17.7 Å². The van der Waals surface area contributed by atoms with E-state index >= 15 is 0 Å². The molecule has 1 rings (SSSR count). The summed E-state index contributed by atoms with van der Waals surface area (Å²) >= 11 is 4.35. The van der Waals surface area contributed by atoms with Crippen molar-refractivity contribution in [3.05, 3.63) is 0 Å². The maximum Gasteiger partial charge on any atom is 0.0223 e. The maximum atomic E-state index is 4.35. The van der Waals surface area contributed by atoms with E-state index in [-0.39, 0.29) is 0 Å². The van der Waals surface area contributed by atoms with Crippen LogP contribution in [-0.2, 0) is 0 Å². The summed E-state index contributed by atoms with van der Waals surface area (Å²) in [5, 5.41) is 0. The van der Waals surface area contributed by atoms with Crippen molar-refractivity contribution in [2.24, 2.45) is 5.92 Å². The highest BCUT2D eigenvalue weighted by Crippen LogP contribution is 2.19. The van der Waals surface area contributed by atoms with Gasteiger partial charge in [-0.15, -0.1) is 0 Å². The zero-order valence-corrected chi connectivity index (χ0v) is 10.6. The number of hydrogen-bond acceptors (Lipinski definition) is 3. The van der Waals surface area contributed by atoms with Gasteiger partial charge in [0.15, 0.2) is 0 Å². The Morgan fingerprint density at radius 3 is 2.79 bits per heavy atom. The van der Waals surface area contributed by atoms with Crippen molar-refractivity contribution in [2.75, 3.05) is 39.5 Å². The Labute approximate surface area is 94.1 Å². The predicted octanol–water partition coefficient (Wildman–Crippen LogP) is 1.58. The van der Waals surface area contributed by atoms with Crippen molar-refractivity contribution in [2.45, 2.75) is 25.8 Å². The molecule has 0 amide bonds. The first kappa shape index (κ1) is 12.3. The molecule has 0 spiro atoms. The molecule has 1 fully saturated rings. The Balaban J connectivity index is 2.35. The molecule has 3 heteroatoms. The minimum atomic E-state index is 0.723. The summed E-state index contributed by atoms with van der Waals surface area (Å²) in [7, 11) is 4.33. The molecule has 84 valence electrons. The number of likely N-dealkylation sites (N-methyl/N-ethyl adjacent to an activating group) is 1. The van der Waals surface area contributed by atoms with E-state index in [1.54, 1.807) is 0 Å². The molecule has 0 aromatic rings. The van der Waals surface area contributed by atoms with Gasteiger partial charge >= 0.3 is 0 Å². The van der Waals surface area contributed by atoms with Crippen LogP contribution in [0.1, 0.15) is 19.8 Å². The number of rotatable bonds is 5. The van der Waals surface area contributed by atoms with E-state index in [2.05, 4.69) is 43.4 Å². The van der Waals surface area contributed by atoms with Crippen LogP contribution in [0.2, 0.25) is 0 Å². The van der Waals surface area contributed by atoms with E-state index in [1.807, 2.05) is 0 Å². The maximum absolute atomic E-state index is 4.35. The summed E-state index contributed by atoms with van der Waals surface area (Å²) in [6, 6.07) is 0.785. The largest absolute Gasteiger partial charge is 0.308 e. The number of thiol groups is 1. The smallest absolute Gasteiger partial charge is 0.0223 e. The van der Waals surface area contributed by atoms with E-state index in [0.29, 0.717) is 0 Å². The fraction of sp³-hybridized carbons (Fsp3) is 1.00. The normalized spacial score (nSPS) is 25.9. The summed E-state index contributed by atoms with van der Waals surface area (Å²) in [6.45, 7) is 6.01. The number of hydrogen-bond donors (Lipinski definition) is 1. The van der Waals surface area contributed by atoms with Crippen LogP contribution in [-0.4, -0.2) is 55.3 Å². The molecular weight excluding hydrogens is 192 g/mol. The first-order chi connectivity index (χ1) is 6.63. The summed E-state index contributed by atoms with van der Waals surface area (Å²) in [6.07, 6.45) is 2.75. The number of nitrogens with zero attached hydrogens (tertiary/aromatic N) is 2. The molecule has 0 aliphatic carbocycles. The van der Waals surface area contributed by atoms with Gasteiger partial charge in [0.2, 0.25) is 0 Å². The summed E-state index contributed by atoms with van der Waals surface area (Å²) in [5.74, 6) is 1.73. The molecular formula is C11H24N2S. The zero-order valence-electron chi connectivity index (χ0n) is 9.74. The van der Waals surface area contributed by atoms with Crippen molar-refractivity contribution in [3.63, 3.8) is 0 Å². The van der Waals surface area contributed by atoms with Crippen LogP contribution in [0.5, 0.6) is 0 Å². The lowest BCUT2D eigenvalue weighted by atomic mass is 10.1. The van der Waals surface area contributed by atoms with Crippen LogP contribution in [0.15, 0.2) is 0 Å². The van der Waals surface area contributed by atoms with Gasteiger partial charge in [-0.3, -0.25) is 4.90 Å². The van der Waals surface area contributed by atoms with Gasteiger partial charge in [0.1, 0.15) is 0 Å². The Kier molecular flexibility index (Phi) is 5.28. The fourth-order valence-corrected chi connectivity index (χ4v) is 2.34. The van der Waals surface area contributed by atoms with Crippen molar-refractivity contribution >= 4 is 12.6 Å². The van der Waals surface area contributed by atoms with Crippen molar-refractivity contribution < 1.29 is 0 Å². The predicted molar refractivity (Wildman–Crippen MR) is 66.2 cm³/mol. The van der Waals surface area contributed by atoms with Gasteiger partial charge in [0.25, 0.3) is 0 Å². The van der Waals surface area contributed by atoms with Gasteiger partial charge < -0.3 is 4.90 Å². The van der Waals surface area contributed by atoms with Gasteiger partial charge in [-0.25, -0.2) is 0 Å². The average molecular weight is 216 g/mol. The van der Waals surface area contributed by atoms with Gasteiger partial charge in [-0.2, -0.15) is 12.6 Å². The van der Waals surface area contributed by atoms with Crippen LogP contribution in [0.25, 0.3) is 0 Å². The molecule has 0 radical (unpaired) electrons. The average Bonchev–Trinajstić information content (AvgIpc) is 2.52. The van der Waals surface area contributed by atoms with Crippen LogP contribution in [0.3, 0.4) is 0 Å². The molecule has 14 heavy (non-hydrogen) atoms. The van der Waals surface area contributed by atoms with E-state index in [9.17, 15) is 0 Å². The molecule has 2 nitrogen and oxygen atoms in total. The zero-order chi connectivity index (χ0) is 10.6. The van der Waals surface area contributed by atoms with Crippen molar-refractivity contribution in [1.29, 1.82) is 0 Å². The first-order valence-corrected chi connectivity index (χ1v) is 6.26. The Morgan fingerprint density at radius 1 is 1.50 bits per heavy atom. The molecule has 2 unspecified atom stereocenters. The lowest BCUT2D eigenvalue weighted by molar-refractivity contribution is 0.191. The molecule has 1 aliphatic heterocycles. The van der Waals surface area contributed by atoms with Crippen LogP contribution < -0.4 is 0 Å². The lowest BCUT2D eigenvalue weighted by Gasteiger charge is -2.28. The van der Waals surface area contributed by atoms with Gasteiger partial charge in [0.05, 0.1) is 0 Å². The summed E-state index contributed by atoms with van der Waals surface area (Å²) in [5.41, 5.74) is 0. The molecule has 1 heterocycles. The second kappa shape index (κ2) is 5.99. The molecule has 1 aliphatic rings. The van der Waals surface area contributed by atoms with Crippen molar-refractivity contribution in [3.8, 4) is 0 Å². The third-order valence-corrected chi connectivity index (χ3v) is 3.56. The van der Waals surface area contributed by atoms with E-state index < -0.39 is 0 Å². The highest BCUT2D eigenvalue weighted by Gasteiger charge is 2.25. The van der Waals surface area contributed by atoms with Gasteiger partial charge in [-0.05, 0) is 45.2 Å². The molecule has 0 aromatic carbocycles. The Hall–Kier alpha value is 0.270. The van der Waals surface area contributed by atoms with E-state index in [4.69, 9.17) is 0 Å². The van der Waals surface area contributed by atoms with Gasteiger partial charge in [0, 0.05) is 19.1 Å².